The largest absolute Gasteiger partial charge is 0.353 e. The van der Waals surface area contributed by atoms with Gasteiger partial charge in [-0.25, -0.2) is 8.42 Å². The summed E-state index contributed by atoms with van der Waals surface area (Å²) in [6.07, 6.45) is 2.32. The van der Waals surface area contributed by atoms with E-state index in [2.05, 4.69) is 41.4 Å². The lowest BCUT2D eigenvalue weighted by Gasteiger charge is -2.28. The molecule has 0 saturated carbocycles. The first kappa shape index (κ1) is 21.5. The SMILES string of the molecule is Cc1ccc(C(CNC(=O)CN(C)S(=O)(=O)c2ccccc2)N2CCCC2)cc1. The Balaban J connectivity index is 1.63. The molecule has 2 aromatic carbocycles. The van der Waals surface area contributed by atoms with Crippen LogP contribution in [0.15, 0.2) is 59.5 Å². The smallest absolute Gasteiger partial charge is 0.243 e. The van der Waals surface area contributed by atoms with E-state index in [1.807, 2.05) is 0 Å². The number of carbonyl (C=O) groups is 1. The van der Waals surface area contributed by atoms with Crippen LogP contribution in [-0.2, 0) is 14.8 Å². The molecular formula is C22H29N3O3S. The van der Waals surface area contributed by atoms with E-state index in [1.165, 1.54) is 30.3 Å². The molecule has 3 rings (SSSR count). The second-order valence-electron chi connectivity index (χ2n) is 7.55. The first-order valence-electron chi connectivity index (χ1n) is 9.96. The van der Waals surface area contributed by atoms with Crippen LogP contribution >= 0.6 is 0 Å². The fourth-order valence-corrected chi connectivity index (χ4v) is 4.77. The van der Waals surface area contributed by atoms with Gasteiger partial charge in [0, 0.05) is 13.6 Å². The molecule has 7 heteroatoms. The summed E-state index contributed by atoms with van der Waals surface area (Å²) in [4.78, 5) is 15.1. The quantitative estimate of drug-likeness (QED) is 0.719. The van der Waals surface area contributed by atoms with Crippen LogP contribution in [0.2, 0.25) is 0 Å². The van der Waals surface area contributed by atoms with E-state index in [9.17, 15) is 13.2 Å². The summed E-state index contributed by atoms with van der Waals surface area (Å²) in [7, 11) is -2.25. The molecule has 0 bridgehead atoms. The zero-order chi connectivity index (χ0) is 20.9. The van der Waals surface area contributed by atoms with E-state index in [1.54, 1.807) is 18.2 Å². The van der Waals surface area contributed by atoms with Gasteiger partial charge in [-0.05, 0) is 50.6 Å². The zero-order valence-corrected chi connectivity index (χ0v) is 17.9. The van der Waals surface area contributed by atoms with E-state index in [0.29, 0.717) is 6.54 Å². The molecular weight excluding hydrogens is 386 g/mol. The lowest BCUT2D eigenvalue weighted by atomic mass is 10.0. The molecule has 0 spiro atoms. The molecule has 0 aliphatic carbocycles. The molecule has 1 fully saturated rings. The monoisotopic (exact) mass is 415 g/mol. The number of nitrogens with zero attached hydrogens (tertiary/aromatic N) is 2. The zero-order valence-electron chi connectivity index (χ0n) is 17.0. The molecule has 29 heavy (non-hydrogen) atoms. The third-order valence-corrected chi connectivity index (χ3v) is 7.17. The Hall–Kier alpha value is -2.22. The number of rotatable bonds is 8. The predicted octanol–water partition coefficient (Wildman–Crippen LogP) is 2.57. The van der Waals surface area contributed by atoms with Crippen molar-refractivity contribution in [2.75, 3.05) is 33.2 Å². The molecule has 1 atom stereocenters. The average molecular weight is 416 g/mol. The van der Waals surface area contributed by atoms with Gasteiger partial charge in [-0.1, -0.05) is 48.0 Å². The maximum atomic E-state index is 12.6. The van der Waals surface area contributed by atoms with Crippen LogP contribution in [0, 0.1) is 6.92 Å². The van der Waals surface area contributed by atoms with E-state index in [-0.39, 0.29) is 23.4 Å². The third-order valence-electron chi connectivity index (χ3n) is 5.35. The van der Waals surface area contributed by atoms with Gasteiger partial charge in [0.25, 0.3) is 0 Å². The van der Waals surface area contributed by atoms with Gasteiger partial charge in [-0.15, -0.1) is 0 Å². The first-order chi connectivity index (χ1) is 13.9. The average Bonchev–Trinajstić information content (AvgIpc) is 3.24. The fourth-order valence-electron chi connectivity index (χ4n) is 3.63. The van der Waals surface area contributed by atoms with Crippen LogP contribution in [0.25, 0.3) is 0 Å². The molecule has 2 aromatic rings. The second-order valence-corrected chi connectivity index (χ2v) is 9.59. The van der Waals surface area contributed by atoms with Crippen molar-refractivity contribution >= 4 is 15.9 Å². The van der Waals surface area contributed by atoms with Crippen LogP contribution < -0.4 is 5.32 Å². The minimum atomic E-state index is -3.68. The number of carbonyl (C=O) groups excluding carboxylic acids is 1. The van der Waals surface area contributed by atoms with Gasteiger partial charge in [-0.3, -0.25) is 9.69 Å². The standard InChI is InChI=1S/C22H29N3O3S/c1-18-10-12-19(13-11-18)21(25-14-6-7-15-25)16-23-22(26)17-24(2)29(27,28)20-8-4-3-5-9-20/h3-5,8-13,21H,6-7,14-17H2,1-2H3,(H,23,26). The summed E-state index contributed by atoms with van der Waals surface area (Å²) in [6.45, 7) is 4.33. The van der Waals surface area contributed by atoms with E-state index < -0.39 is 10.0 Å². The van der Waals surface area contributed by atoms with Gasteiger partial charge >= 0.3 is 0 Å². The maximum Gasteiger partial charge on any atom is 0.243 e. The number of amides is 1. The molecule has 1 amide bonds. The molecule has 1 unspecified atom stereocenters. The molecule has 1 saturated heterocycles. The van der Waals surface area contributed by atoms with Crippen molar-refractivity contribution in [2.24, 2.45) is 0 Å². The van der Waals surface area contributed by atoms with Crippen LogP contribution in [0.5, 0.6) is 0 Å². The fraction of sp³-hybridized carbons (Fsp3) is 0.409. The predicted molar refractivity (Wildman–Crippen MR) is 114 cm³/mol. The van der Waals surface area contributed by atoms with Crippen molar-refractivity contribution in [3.63, 3.8) is 0 Å². The van der Waals surface area contributed by atoms with Gasteiger partial charge in [0.2, 0.25) is 15.9 Å². The highest BCUT2D eigenvalue weighted by molar-refractivity contribution is 7.89. The van der Waals surface area contributed by atoms with E-state index in [4.69, 9.17) is 0 Å². The molecule has 1 heterocycles. The lowest BCUT2D eigenvalue weighted by Crippen LogP contribution is -2.42. The number of likely N-dealkylation sites (tertiary alicyclic amines) is 1. The first-order valence-corrected chi connectivity index (χ1v) is 11.4. The van der Waals surface area contributed by atoms with Crippen LogP contribution in [-0.4, -0.2) is 56.8 Å². The van der Waals surface area contributed by atoms with Crippen molar-refractivity contribution in [1.29, 1.82) is 0 Å². The molecule has 1 N–H and O–H groups in total. The van der Waals surface area contributed by atoms with Crippen molar-refractivity contribution in [3.8, 4) is 0 Å². The number of aryl methyl sites for hydroxylation is 1. The number of likely N-dealkylation sites (N-methyl/N-ethyl adjacent to an activating group) is 1. The van der Waals surface area contributed by atoms with E-state index >= 15 is 0 Å². The van der Waals surface area contributed by atoms with Gasteiger partial charge in [0.15, 0.2) is 0 Å². The highest BCUT2D eigenvalue weighted by atomic mass is 32.2. The van der Waals surface area contributed by atoms with Crippen LogP contribution in [0.4, 0.5) is 0 Å². The van der Waals surface area contributed by atoms with Crippen molar-refractivity contribution in [1.82, 2.24) is 14.5 Å². The Kier molecular flexibility index (Phi) is 7.05. The highest BCUT2D eigenvalue weighted by Crippen LogP contribution is 2.25. The Morgan fingerprint density at radius 3 is 2.31 bits per heavy atom. The maximum absolute atomic E-state index is 12.6. The number of hydrogen-bond donors (Lipinski definition) is 1. The van der Waals surface area contributed by atoms with Crippen molar-refractivity contribution in [2.45, 2.75) is 30.7 Å². The Bertz CT molecular complexity index is 908. The normalized spacial score (nSPS) is 16.1. The molecule has 156 valence electrons. The van der Waals surface area contributed by atoms with Crippen molar-refractivity contribution < 1.29 is 13.2 Å². The Morgan fingerprint density at radius 1 is 1.07 bits per heavy atom. The lowest BCUT2D eigenvalue weighted by molar-refractivity contribution is -0.121. The number of nitrogens with one attached hydrogen (secondary N) is 1. The minimum absolute atomic E-state index is 0.0955. The summed E-state index contributed by atoms with van der Waals surface area (Å²) in [6, 6.07) is 16.6. The minimum Gasteiger partial charge on any atom is -0.353 e. The van der Waals surface area contributed by atoms with Gasteiger partial charge in [-0.2, -0.15) is 4.31 Å². The summed E-state index contributed by atoms with van der Waals surface area (Å²) < 4.78 is 26.3. The molecule has 0 radical (unpaired) electrons. The molecule has 1 aliphatic heterocycles. The number of benzene rings is 2. The highest BCUT2D eigenvalue weighted by Gasteiger charge is 2.26. The summed E-state index contributed by atoms with van der Waals surface area (Å²) >= 11 is 0. The number of sulfonamides is 1. The topological polar surface area (TPSA) is 69.7 Å². The van der Waals surface area contributed by atoms with Crippen LogP contribution in [0.1, 0.15) is 30.0 Å². The van der Waals surface area contributed by atoms with E-state index in [0.717, 1.165) is 30.2 Å². The summed E-state index contributed by atoms with van der Waals surface area (Å²) in [5.74, 6) is -0.302. The second kappa shape index (κ2) is 9.52. The summed E-state index contributed by atoms with van der Waals surface area (Å²) in [5, 5.41) is 2.94. The van der Waals surface area contributed by atoms with Crippen molar-refractivity contribution in [3.05, 3.63) is 65.7 Å². The Labute approximate surface area is 173 Å². The van der Waals surface area contributed by atoms with Gasteiger partial charge in [0.05, 0.1) is 17.5 Å². The third kappa shape index (κ3) is 5.44. The Morgan fingerprint density at radius 2 is 1.69 bits per heavy atom. The molecule has 6 nitrogen and oxygen atoms in total. The molecule has 1 aliphatic rings. The van der Waals surface area contributed by atoms with Gasteiger partial charge in [0.1, 0.15) is 0 Å². The molecule has 0 aromatic heterocycles. The van der Waals surface area contributed by atoms with Gasteiger partial charge < -0.3 is 5.32 Å². The summed E-state index contributed by atoms with van der Waals surface area (Å²) in [5.41, 5.74) is 2.37. The number of hydrogen-bond acceptors (Lipinski definition) is 4. The van der Waals surface area contributed by atoms with Crippen LogP contribution in [0.3, 0.4) is 0 Å².